The van der Waals surface area contributed by atoms with Crippen LogP contribution in [0.1, 0.15) is 47.3 Å². The number of primary amides is 1. The summed E-state index contributed by atoms with van der Waals surface area (Å²) in [5.74, 6) is -1.82. The summed E-state index contributed by atoms with van der Waals surface area (Å²) in [4.78, 5) is 26.4. The predicted molar refractivity (Wildman–Crippen MR) is 79.5 cm³/mol. The normalized spacial score (nSPS) is 11.9. The lowest BCUT2D eigenvalue weighted by Gasteiger charge is -2.11. The van der Waals surface area contributed by atoms with Crippen LogP contribution in [0, 0.1) is 0 Å². The number of hydroxylamine groups is 1. The van der Waals surface area contributed by atoms with Gasteiger partial charge in [0.25, 0.3) is 11.7 Å². The number of amides is 2. The van der Waals surface area contributed by atoms with E-state index in [4.69, 9.17) is 15.5 Å². The molecule has 0 aliphatic heterocycles. The van der Waals surface area contributed by atoms with Crippen LogP contribution in [0.25, 0.3) is 0 Å². The van der Waals surface area contributed by atoms with Gasteiger partial charge in [0.15, 0.2) is 0 Å². The molecule has 8 nitrogen and oxygen atoms in total. The number of hydrogen-bond donors (Lipinski definition) is 3. The van der Waals surface area contributed by atoms with Gasteiger partial charge in [0.1, 0.15) is 0 Å². The second kappa shape index (κ2) is 8.04. The van der Waals surface area contributed by atoms with Crippen molar-refractivity contribution >= 4 is 11.8 Å². The molecule has 1 atom stereocenters. The third kappa shape index (κ3) is 4.89. The number of carbonyl (C=O) groups is 2. The van der Waals surface area contributed by atoms with Crippen molar-refractivity contribution in [3.63, 3.8) is 0 Å². The smallest absolute Gasteiger partial charge is 0.290 e. The van der Waals surface area contributed by atoms with E-state index >= 15 is 0 Å². The molecule has 2 aromatic rings. The zero-order chi connectivity index (χ0) is 16.7. The van der Waals surface area contributed by atoms with E-state index in [2.05, 4.69) is 10.1 Å². The average molecular weight is 318 g/mol. The molecular formula is C15H18N4O4. The van der Waals surface area contributed by atoms with Gasteiger partial charge in [-0.2, -0.15) is 4.98 Å². The summed E-state index contributed by atoms with van der Waals surface area (Å²) in [5.41, 5.74) is 7.85. The van der Waals surface area contributed by atoms with Crippen molar-refractivity contribution in [3.8, 4) is 0 Å². The van der Waals surface area contributed by atoms with Gasteiger partial charge in [-0.05, 0) is 24.8 Å². The maximum absolute atomic E-state index is 11.4. The third-order valence-corrected chi connectivity index (χ3v) is 3.43. The topological polar surface area (TPSA) is 131 Å². The van der Waals surface area contributed by atoms with E-state index in [1.165, 1.54) is 5.56 Å². The Morgan fingerprint density at radius 3 is 2.65 bits per heavy atom. The van der Waals surface area contributed by atoms with Gasteiger partial charge in [-0.1, -0.05) is 35.5 Å². The lowest BCUT2D eigenvalue weighted by atomic mass is 9.96. The number of rotatable bonds is 8. The minimum Gasteiger partial charge on any atom is -0.363 e. The SMILES string of the molecule is NC(=O)c1noc([C@H](CCCc2ccccc2)CC(=O)NO)n1. The van der Waals surface area contributed by atoms with Crippen LogP contribution in [-0.4, -0.2) is 27.2 Å². The fourth-order valence-electron chi connectivity index (χ4n) is 2.28. The summed E-state index contributed by atoms with van der Waals surface area (Å²) in [6, 6.07) is 9.91. The van der Waals surface area contributed by atoms with Crippen molar-refractivity contribution in [1.29, 1.82) is 0 Å². The first-order chi connectivity index (χ1) is 11.1. The standard InChI is InChI=1S/C15H18N4O4/c16-13(21)14-17-15(23-19-14)11(9-12(20)18-22)8-4-7-10-5-2-1-3-6-10/h1-3,5-6,11,22H,4,7-9H2,(H2,16,21)(H,18,20)/t11-/m1/s1. The van der Waals surface area contributed by atoms with Crippen molar-refractivity contribution < 1.29 is 19.3 Å². The van der Waals surface area contributed by atoms with Crippen LogP contribution in [-0.2, 0) is 11.2 Å². The maximum atomic E-state index is 11.4. The minimum absolute atomic E-state index is 0.0221. The number of nitrogens with one attached hydrogen (secondary N) is 1. The highest BCUT2D eigenvalue weighted by Crippen LogP contribution is 2.24. The van der Waals surface area contributed by atoms with Gasteiger partial charge in [-0.15, -0.1) is 0 Å². The van der Waals surface area contributed by atoms with Gasteiger partial charge in [0, 0.05) is 12.3 Å². The van der Waals surface area contributed by atoms with E-state index in [0.29, 0.717) is 6.42 Å². The molecule has 2 rings (SSSR count). The first-order valence-corrected chi connectivity index (χ1v) is 7.20. The first kappa shape index (κ1) is 16.6. The van der Waals surface area contributed by atoms with Crippen LogP contribution in [0.15, 0.2) is 34.9 Å². The molecule has 0 fully saturated rings. The number of hydrogen-bond acceptors (Lipinski definition) is 6. The quantitative estimate of drug-likeness (QED) is 0.494. The highest BCUT2D eigenvalue weighted by Gasteiger charge is 2.23. The minimum atomic E-state index is -0.797. The number of nitrogens with two attached hydrogens (primary N) is 1. The molecule has 0 aliphatic carbocycles. The van der Waals surface area contributed by atoms with Crippen LogP contribution in [0.2, 0.25) is 0 Å². The molecule has 1 aromatic heterocycles. The Morgan fingerprint density at radius 1 is 1.30 bits per heavy atom. The van der Waals surface area contributed by atoms with E-state index in [1.54, 1.807) is 5.48 Å². The van der Waals surface area contributed by atoms with Crippen molar-refractivity contribution in [2.45, 2.75) is 31.6 Å². The van der Waals surface area contributed by atoms with E-state index < -0.39 is 17.7 Å². The zero-order valence-electron chi connectivity index (χ0n) is 12.4. The van der Waals surface area contributed by atoms with E-state index in [9.17, 15) is 9.59 Å². The second-order valence-corrected chi connectivity index (χ2v) is 5.13. The Bertz CT molecular complexity index is 657. The van der Waals surface area contributed by atoms with Crippen molar-refractivity contribution in [3.05, 3.63) is 47.6 Å². The van der Waals surface area contributed by atoms with E-state index in [0.717, 1.165) is 12.8 Å². The first-order valence-electron chi connectivity index (χ1n) is 7.20. The van der Waals surface area contributed by atoms with Crippen molar-refractivity contribution in [2.24, 2.45) is 5.73 Å². The van der Waals surface area contributed by atoms with Crippen LogP contribution in [0.4, 0.5) is 0 Å². The Hall–Kier alpha value is -2.74. The summed E-state index contributed by atoms with van der Waals surface area (Å²) in [6.07, 6.45) is 2.17. The molecule has 122 valence electrons. The Morgan fingerprint density at radius 2 is 2.04 bits per heavy atom. The van der Waals surface area contributed by atoms with Gasteiger partial charge in [-0.3, -0.25) is 14.8 Å². The molecule has 23 heavy (non-hydrogen) atoms. The Balaban J connectivity index is 2.01. The van der Waals surface area contributed by atoms with E-state index in [1.807, 2.05) is 30.3 Å². The fourth-order valence-corrected chi connectivity index (χ4v) is 2.28. The van der Waals surface area contributed by atoms with Crippen LogP contribution < -0.4 is 11.2 Å². The molecule has 0 radical (unpaired) electrons. The molecule has 0 saturated heterocycles. The molecule has 0 bridgehead atoms. The van der Waals surface area contributed by atoms with Crippen LogP contribution in [0.5, 0.6) is 0 Å². The van der Waals surface area contributed by atoms with Crippen molar-refractivity contribution in [1.82, 2.24) is 15.6 Å². The Kier molecular flexibility index (Phi) is 5.81. The third-order valence-electron chi connectivity index (χ3n) is 3.43. The summed E-state index contributed by atoms with van der Waals surface area (Å²) >= 11 is 0. The molecule has 0 saturated carbocycles. The van der Waals surface area contributed by atoms with Gasteiger partial charge < -0.3 is 10.3 Å². The number of aryl methyl sites for hydroxylation is 1. The number of carbonyl (C=O) groups excluding carboxylic acids is 2. The van der Waals surface area contributed by atoms with Gasteiger partial charge in [0.2, 0.25) is 11.8 Å². The number of benzene rings is 1. The predicted octanol–water partition coefficient (Wildman–Crippen LogP) is 1.17. The second-order valence-electron chi connectivity index (χ2n) is 5.13. The fraction of sp³-hybridized carbons (Fsp3) is 0.333. The lowest BCUT2D eigenvalue weighted by Crippen LogP contribution is -2.21. The molecule has 0 aliphatic rings. The zero-order valence-corrected chi connectivity index (χ0v) is 12.4. The summed E-state index contributed by atoms with van der Waals surface area (Å²) in [5, 5.41) is 12.2. The summed E-state index contributed by atoms with van der Waals surface area (Å²) < 4.78 is 5.01. The van der Waals surface area contributed by atoms with Gasteiger partial charge >= 0.3 is 0 Å². The molecule has 1 heterocycles. The molecule has 0 spiro atoms. The maximum Gasteiger partial charge on any atom is 0.290 e. The molecule has 2 amide bonds. The highest BCUT2D eigenvalue weighted by molar-refractivity contribution is 5.88. The molecule has 1 aromatic carbocycles. The monoisotopic (exact) mass is 318 g/mol. The average Bonchev–Trinajstić information content (AvgIpc) is 3.05. The van der Waals surface area contributed by atoms with Crippen molar-refractivity contribution in [2.75, 3.05) is 0 Å². The van der Waals surface area contributed by atoms with Gasteiger partial charge in [-0.25, -0.2) is 5.48 Å². The lowest BCUT2D eigenvalue weighted by molar-refractivity contribution is -0.129. The largest absolute Gasteiger partial charge is 0.363 e. The van der Waals surface area contributed by atoms with Crippen LogP contribution >= 0.6 is 0 Å². The summed E-state index contributed by atoms with van der Waals surface area (Å²) in [6.45, 7) is 0. The molecular weight excluding hydrogens is 300 g/mol. The molecule has 0 unspecified atom stereocenters. The Labute approximate surface area is 132 Å². The highest BCUT2D eigenvalue weighted by atomic mass is 16.5. The molecule has 4 N–H and O–H groups in total. The summed E-state index contributed by atoms with van der Waals surface area (Å²) in [7, 11) is 0. The van der Waals surface area contributed by atoms with E-state index in [-0.39, 0.29) is 18.1 Å². The number of aromatic nitrogens is 2. The van der Waals surface area contributed by atoms with Gasteiger partial charge in [0.05, 0.1) is 0 Å². The number of nitrogens with zero attached hydrogens (tertiary/aromatic N) is 2. The molecule has 8 heteroatoms. The van der Waals surface area contributed by atoms with Crippen LogP contribution in [0.3, 0.4) is 0 Å².